The van der Waals surface area contributed by atoms with Gasteiger partial charge in [0.2, 0.25) is 0 Å². The van der Waals surface area contributed by atoms with Crippen LogP contribution in [0, 0.1) is 0 Å². The number of hydrogen-bond acceptors (Lipinski definition) is 6. The van der Waals surface area contributed by atoms with Gasteiger partial charge in [0.25, 0.3) is 0 Å². The highest BCUT2D eigenvalue weighted by Crippen LogP contribution is 2.23. The highest BCUT2D eigenvalue weighted by molar-refractivity contribution is 5.69. The van der Waals surface area contributed by atoms with Gasteiger partial charge in [-0.15, -0.1) is 10.2 Å². The molecule has 0 spiro atoms. The molecule has 2 aromatic heterocycles. The normalized spacial score (nSPS) is 14.6. The molecule has 122 valence electrons. The summed E-state index contributed by atoms with van der Waals surface area (Å²) in [6.07, 6.45) is 3.68. The molecule has 0 unspecified atom stereocenters. The van der Waals surface area contributed by atoms with Crippen molar-refractivity contribution in [1.82, 2.24) is 25.7 Å². The average molecular weight is 321 g/mol. The number of hydrogen-bond donors (Lipinski definition) is 3. The number of aromatic amines is 1. The van der Waals surface area contributed by atoms with Crippen molar-refractivity contribution >= 4 is 17.3 Å². The molecule has 0 saturated carbocycles. The molecular formula is C17H19N7. The molecule has 3 aromatic rings. The largest absolute Gasteiger partial charge is 0.353 e. The zero-order valence-electron chi connectivity index (χ0n) is 13.2. The van der Waals surface area contributed by atoms with E-state index in [-0.39, 0.29) is 0 Å². The first-order valence-corrected chi connectivity index (χ1v) is 8.04. The third-order valence-electron chi connectivity index (χ3n) is 4.06. The summed E-state index contributed by atoms with van der Waals surface area (Å²) in [4.78, 5) is 2.24. The smallest absolute Gasteiger partial charge is 0.153 e. The molecule has 3 heterocycles. The van der Waals surface area contributed by atoms with Crippen molar-refractivity contribution in [3.63, 3.8) is 0 Å². The van der Waals surface area contributed by atoms with Gasteiger partial charge < -0.3 is 15.5 Å². The number of benzene rings is 1. The second kappa shape index (κ2) is 6.67. The van der Waals surface area contributed by atoms with E-state index in [1.165, 1.54) is 0 Å². The van der Waals surface area contributed by atoms with Gasteiger partial charge in [-0.1, -0.05) is 12.1 Å². The Labute approximate surface area is 140 Å². The molecule has 24 heavy (non-hydrogen) atoms. The van der Waals surface area contributed by atoms with Crippen LogP contribution in [-0.2, 0) is 0 Å². The van der Waals surface area contributed by atoms with E-state index in [4.69, 9.17) is 0 Å². The van der Waals surface area contributed by atoms with Crippen LogP contribution < -0.4 is 15.5 Å². The lowest BCUT2D eigenvalue weighted by molar-refractivity contribution is 0.583. The summed E-state index contributed by atoms with van der Waals surface area (Å²) < 4.78 is 0. The Morgan fingerprint density at radius 3 is 2.67 bits per heavy atom. The second-order valence-electron chi connectivity index (χ2n) is 5.71. The first kappa shape index (κ1) is 14.6. The molecule has 7 nitrogen and oxygen atoms in total. The molecule has 1 aliphatic heterocycles. The van der Waals surface area contributed by atoms with E-state index in [1.807, 2.05) is 30.5 Å². The number of piperazine rings is 1. The topological polar surface area (TPSA) is 81.8 Å². The van der Waals surface area contributed by atoms with Crippen LogP contribution in [0.25, 0.3) is 11.1 Å². The van der Waals surface area contributed by atoms with Crippen molar-refractivity contribution in [2.75, 3.05) is 36.4 Å². The fraction of sp³-hybridized carbons (Fsp3) is 0.235. The minimum atomic E-state index is 0.734. The number of rotatable bonds is 4. The Hall–Kier alpha value is -2.93. The van der Waals surface area contributed by atoms with Gasteiger partial charge in [0, 0.05) is 43.6 Å². The SMILES string of the molecule is c1cc(Nc2ccc(N3CCNCC3)nn2)cc(-c2cn[nH]c2)c1. The van der Waals surface area contributed by atoms with Gasteiger partial charge in [-0.3, -0.25) is 5.10 Å². The molecule has 1 aliphatic rings. The highest BCUT2D eigenvalue weighted by Gasteiger charge is 2.12. The van der Waals surface area contributed by atoms with Crippen molar-refractivity contribution in [3.8, 4) is 11.1 Å². The monoisotopic (exact) mass is 321 g/mol. The van der Waals surface area contributed by atoms with E-state index in [1.54, 1.807) is 6.20 Å². The van der Waals surface area contributed by atoms with Gasteiger partial charge in [0.05, 0.1) is 6.20 Å². The third-order valence-corrected chi connectivity index (χ3v) is 4.06. The number of anilines is 3. The maximum atomic E-state index is 4.34. The van der Waals surface area contributed by atoms with Crippen LogP contribution >= 0.6 is 0 Å². The van der Waals surface area contributed by atoms with E-state index >= 15 is 0 Å². The number of nitrogens with zero attached hydrogens (tertiary/aromatic N) is 4. The van der Waals surface area contributed by atoms with Gasteiger partial charge in [0.15, 0.2) is 11.6 Å². The Morgan fingerprint density at radius 1 is 1.00 bits per heavy atom. The number of aromatic nitrogens is 4. The fourth-order valence-corrected chi connectivity index (χ4v) is 2.79. The lowest BCUT2D eigenvalue weighted by Gasteiger charge is -2.27. The summed E-state index contributed by atoms with van der Waals surface area (Å²) in [7, 11) is 0. The van der Waals surface area contributed by atoms with Gasteiger partial charge >= 0.3 is 0 Å². The summed E-state index contributed by atoms with van der Waals surface area (Å²) in [6, 6.07) is 12.1. The van der Waals surface area contributed by atoms with E-state index in [2.05, 4.69) is 48.1 Å². The van der Waals surface area contributed by atoms with E-state index in [0.717, 1.165) is 54.6 Å². The molecule has 1 saturated heterocycles. The molecule has 1 fully saturated rings. The fourth-order valence-electron chi connectivity index (χ4n) is 2.79. The summed E-state index contributed by atoms with van der Waals surface area (Å²) >= 11 is 0. The quantitative estimate of drug-likeness (QED) is 0.682. The predicted molar refractivity (Wildman–Crippen MR) is 94.4 cm³/mol. The van der Waals surface area contributed by atoms with Crippen LogP contribution in [0.1, 0.15) is 0 Å². The summed E-state index contributed by atoms with van der Waals surface area (Å²) in [6.45, 7) is 3.91. The van der Waals surface area contributed by atoms with Crippen molar-refractivity contribution < 1.29 is 0 Å². The van der Waals surface area contributed by atoms with Crippen molar-refractivity contribution in [3.05, 3.63) is 48.8 Å². The maximum absolute atomic E-state index is 4.34. The number of H-pyrrole nitrogens is 1. The van der Waals surface area contributed by atoms with Crippen LogP contribution in [0.2, 0.25) is 0 Å². The van der Waals surface area contributed by atoms with E-state index in [0.29, 0.717) is 0 Å². The number of nitrogens with one attached hydrogen (secondary N) is 3. The van der Waals surface area contributed by atoms with Gasteiger partial charge in [-0.25, -0.2) is 0 Å². The molecule has 0 bridgehead atoms. The Morgan fingerprint density at radius 2 is 1.92 bits per heavy atom. The Bertz CT molecular complexity index is 777. The van der Waals surface area contributed by atoms with Crippen molar-refractivity contribution in [2.45, 2.75) is 0 Å². The molecule has 0 aliphatic carbocycles. The molecule has 7 heteroatoms. The lowest BCUT2D eigenvalue weighted by atomic mass is 10.1. The van der Waals surface area contributed by atoms with Crippen LogP contribution in [0.5, 0.6) is 0 Å². The lowest BCUT2D eigenvalue weighted by Crippen LogP contribution is -2.43. The van der Waals surface area contributed by atoms with Gasteiger partial charge in [-0.2, -0.15) is 5.10 Å². The molecule has 1 aromatic carbocycles. The van der Waals surface area contributed by atoms with Crippen LogP contribution in [0.3, 0.4) is 0 Å². The summed E-state index contributed by atoms with van der Waals surface area (Å²) in [5, 5.41) is 22.1. The summed E-state index contributed by atoms with van der Waals surface area (Å²) in [5.74, 6) is 1.66. The van der Waals surface area contributed by atoms with Crippen LogP contribution in [0.4, 0.5) is 17.3 Å². The van der Waals surface area contributed by atoms with E-state index in [9.17, 15) is 0 Å². The zero-order chi connectivity index (χ0) is 16.2. The minimum absolute atomic E-state index is 0.734. The maximum Gasteiger partial charge on any atom is 0.153 e. The standard InChI is InChI=1S/C17H19N7/c1-2-13(14-11-19-20-12-14)10-15(3-1)21-16-4-5-17(23-22-16)24-8-6-18-7-9-24/h1-5,10-12,18H,6-9H2,(H,19,20)(H,21,22). The van der Waals surface area contributed by atoms with Gasteiger partial charge in [-0.05, 0) is 29.8 Å². The molecule has 3 N–H and O–H groups in total. The zero-order valence-corrected chi connectivity index (χ0v) is 13.2. The van der Waals surface area contributed by atoms with Crippen molar-refractivity contribution in [2.24, 2.45) is 0 Å². The average Bonchev–Trinajstić information content (AvgIpc) is 3.18. The second-order valence-corrected chi connectivity index (χ2v) is 5.71. The first-order valence-electron chi connectivity index (χ1n) is 8.04. The van der Waals surface area contributed by atoms with Crippen molar-refractivity contribution in [1.29, 1.82) is 0 Å². The third kappa shape index (κ3) is 3.21. The molecule has 0 radical (unpaired) electrons. The molecule has 0 atom stereocenters. The van der Waals surface area contributed by atoms with Gasteiger partial charge in [0.1, 0.15) is 0 Å². The predicted octanol–water partition coefficient (Wildman–Crippen LogP) is 2.02. The van der Waals surface area contributed by atoms with Crippen LogP contribution in [-0.4, -0.2) is 46.6 Å². The summed E-state index contributed by atoms with van der Waals surface area (Å²) in [5.41, 5.74) is 3.12. The Balaban J connectivity index is 1.48. The minimum Gasteiger partial charge on any atom is -0.353 e. The first-order chi connectivity index (χ1) is 11.9. The molecule has 0 amide bonds. The molecular weight excluding hydrogens is 302 g/mol. The Kier molecular flexibility index (Phi) is 4.07. The van der Waals surface area contributed by atoms with E-state index < -0.39 is 0 Å². The molecule has 4 rings (SSSR count). The van der Waals surface area contributed by atoms with Crippen LogP contribution in [0.15, 0.2) is 48.8 Å². The highest BCUT2D eigenvalue weighted by atomic mass is 15.3.